The Morgan fingerprint density at radius 3 is 2.90 bits per heavy atom. The van der Waals surface area contributed by atoms with Gasteiger partial charge in [-0.3, -0.25) is 4.99 Å². The lowest BCUT2D eigenvalue weighted by Crippen LogP contribution is -2.39. The molecule has 0 spiro atoms. The van der Waals surface area contributed by atoms with Gasteiger partial charge in [-0.05, 0) is 49.9 Å². The van der Waals surface area contributed by atoms with Gasteiger partial charge in [-0.25, -0.2) is 0 Å². The largest absolute Gasteiger partial charge is 0.494 e. The van der Waals surface area contributed by atoms with E-state index in [1.807, 2.05) is 25.1 Å². The molecule has 0 amide bonds. The molecule has 0 saturated heterocycles. The molecular formula is C15H22ClN3O. The molecule has 1 fully saturated rings. The van der Waals surface area contributed by atoms with Crippen LogP contribution in [0.15, 0.2) is 23.2 Å². The van der Waals surface area contributed by atoms with Crippen molar-refractivity contribution in [1.82, 2.24) is 10.6 Å². The van der Waals surface area contributed by atoms with E-state index in [9.17, 15) is 0 Å². The molecule has 0 unspecified atom stereocenters. The van der Waals surface area contributed by atoms with Crippen molar-refractivity contribution in [1.29, 1.82) is 0 Å². The molecule has 20 heavy (non-hydrogen) atoms. The third kappa shape index (κ3) is 4.60. The van der Waals surface area contributed by atoms with E-state index in [1.54, 1.807) is 7.05 Å². The van der Waals surface area contributed by atoms with Crippen LogP contribution in [-0.4, -0.2) is 32.2 Å². The van der Waals surface area contributed by atoms with E-state index in [2.05, 4.69) is 15.6 Å². The van der Waals surface area contributed by atoms with Gasteiger partial charge >= 0.3 is 0 Å². The van der Waals surface area contributed by atoms with Crippen LogP contribution in [0, 0.1) is 0 Å². The third-order valence-electron chi connectivity index (χ3n) is 3.15. The first-order valence-corrected chi connectivity index (χ1v) is 7.49. The fourth-order valence-electron chi connectivity index (χ4n) is 1.97. The van der Waals surface area contributed by atoms with Crippen molar-refractivity contribution < 1.29 is 4.74 Å². The fraction of sp³-hybridized carbons (Fsp3) is 0.533. The van der Waals surface area contributed by atoms with E-state index >= 15 is 0 Å². The Hall–Kier alpha value is -1.42. The topological polar surface area (TPSA) is 45.6 Å². The van der Waals surface area contributed by atoms with Crippen molar-refractivity contribution in [2.24, 2.45) is 4.99 Å². The molecule has 1 aliphatic carbocycles. The highest BCUT2D eigenvalue weighted by atomic mass is 35.5. The van der Waals surface area contributed by atoms with Crippen LogP contribution in [0.1, 0.15) is 25.3 Å². The second kappa shape index (κ2) is 7.39. The summed E-state index contributed by atoms with van der Waals surface area (Å²) in [4.78, 5) is 4.21. The Bertz CT molecular complexity index is 472. The van der Waals surface area contributed by atoms with Crippen LogP contribution < -0.4 is 15.4 Å². The number of hydrogen-bond acceptors (Lipinski definition) is 2. The third-order valence-corrected chi connectivity index (χ3v) is 3.39. The SMILES string of the molecule is CCOc1ccc(Cl)cc1CCNC(=NC)NC1CC1. The second-order valence-corrected chi connectivity index (χ2v) is 5.29. The molecule has 4 nitrogen and oxygen atoms in total. The minimum absolute atomic E-state index is 0.603. The molecule has 0 aliphatic heterocycles. The Balaban J connectivity index is 1.87. The van der Waals surface area contributed by atoms with Crippen LogP contribution in [0.25, 0.3) is 0 Å². The van der Waals surface area contributed by atoms with Crippen molar-refractivity contribution in [3.05, 3.63) is 28.8 Å². The molecule has 1 saturated carbocycles. The van der Waals surface area contributed by atoms with Gasteiger partial charge < -0.3 is 15.4 Å². The molecule has 1 aromatic rings. The first kappa shape index (κ1) is 15.0. The number of nitrogens with one attached hydrogen (secondary N) is 2. The van der Waals surface area contributed by atoms with Crippen LogP contribution >= 0.6 is 11.6 Å². The highest BCUT2D eigenvalue weighted by Crippen LogP contribution is 2.23. The first-order chi connectivity index (χ1) is 9.72. The van der Waals surface area contributed by atoms with E-state index in [0.717, 1.165) is 35.3 Å². The zero-order valence-electron chi connectivity index (χ0n) is 12.1. The van der Waals surface area contributed by atoms with Crippen molar-refractivity contribution in [3.63, 3.8) is 0 Å². The summed E-state index contributed by atoms with van der Waals surface area (Å²) in [5, 5.41) is 7.42. The fourth-order valence-corrected chi connectivity index (χ4v) is 2.17. The number of aliphatic imine (C=N–C) groups is 1. The average Bonchev–Trinajstić information content (AvgIpc) is 3.24. The van der Waals surface area contributed by atoms with Gasteiger partial charge in [0.25, 0.3) is 0 Å². The van der Waals surface area contributed by atoms with Gasteiger partial charge in [0.15, 0.2) is 5.96 Å². The zero-order chi connectivity index (χ0) is 14.4. The normalized spacial score (nSPS) is 15.1. The molecule has 0 aromatic heterocycles. The Morgan fingerprint density at radius 2 is 2.25 bits per heavy atom. The summed E-state index contributed by atoms with van der Waals surface area (Å²) in [6.07, 6.45) is 3.33. The summed E-state index contributed by atoms with van der Waals surface area (Å²) in [6, 6.07) is 6.35. The van der Waals surface area contributed by atoms with Crippen LogP contribution in [-0.2, 0) is 6.42 Å². The Labute approximate surface area is 125 Å². The molecule has 0 heterocycles. The molecule has 5 heteroatoms. The molecule has 1 aromatic carbocycles. The van der Waals surface area contributed by atoms with Gasteiger partial charge in [-0.1, -0.05) is 11.6 Å². The van der Waals surface area contributed by atoms with E-state index < -0.39 is 0 Å². The maximum Gasteiger partial charge on any atom is 0.191 e. The number of hydrogen-bond donors (Lipinski definition) is 2. The van der Waals surface area contributed by atoms with E-state index in [0.29, 0.717) is 12.6 Å². The minimum atomic E-state index is 0.603. The molecule has 110 valence electrons. The summed E-state index contributed by atoms with van der Waals surface area (Å²) in [5.74, 6) is 1.77. The first-order valence-electron chi connectivity index (χ1n) is 7.11. The van der Waals surface area contributed by atoms with Gasteiger partial charge in [0.05, 0.1) is 6.61 Å². The lowest BCUT2D eigenvalue weighted by atomic mass is 10.1. The number of guanidine groups is 1. The number of halogens is 1. The van der Waals surface area contributed by atoms with Crippen LogP contribution in [0.2, 0.25) is 5.02 Å². The van der Waals surface area contributed by atoms with Gasteiger partial charge in [-0.15, -0.1) is 0 Å². The van der Waals surface area contributed by atoms with Crippen molar-refractivity contribution in [2.75, 3.05) is 20.2 Å². The molecular weight excluding hydrogens is 274 g/mol. The molecule has 0 radical (unpaired) electrons. The molecule has 0 atom stereocenters. The van der Waals surface area contributed by atoms with Crippen molar-refractivity contribution >= 4 is 17.6 Å². The number of ether oxygens (including phenoxy) is 1. The van der Waals surface area contributed by atoms with Crippen molar-refractivity contribution in [2.45, 2.75) is 32.2 Å². The Kier molecular flexibility index (Phi) is 5.53. The standard InChI is InChI=1S/C15H22ClN3O/c1-3-20-14-7-4-12(16)10-11(14)8-9-18-15(17-2)19-13-5-6-13/h4,7,10,13H,3,5-6,8-9H2,1-2H3,(H2,17,18,19). The zero-order valence-corrected chi connectivity index (χ0v) is 12.8. The smallest absolute Gasteiger partial charge is 0.191 e. The summed E-state index contributed by atoms with van der Waals surface area (Å²) < 4.78 is 5.62. The molecule has 2 rings (SSSR count). The summed E-state index contributed by atoms with van der Waals surface area (Å²) >= 11 is 6.05. The maximum absolute atomic E-state index is 6.05. The van der Waals surface area contributed by atoms with Crippen LogP contribution in [0.3, 0.4) is 0 Å². The highest BCUT2D eigenvalue weighted by Gasteiger charge is 2.21. The molecule has 0 bridgehead atoms. The average molecular weight is 296 g/mol. The van der Waals surface area contributed by atoms with Crippen LogP contribution in [0.4, 0.5) is 0 Å². The predicted molar refractivity (Wildman–Crippen MR) is 83.8 cm³/mol. The molecule has 1 aliphatic rings. The van der Waals surface area contributed by atoms with Crippen LogP contribution in [0.5, 0.6) is 5.75 Å². The number of rotatable bonds is 6. The highest BCUT2D eigenvalue weighted by molar-refractivity contribution is 6.30. The lowest BCUT2D eigenvalue weighted by Gasteiger charge is -2.13. The quantitative estimate of drug-likeness (QED) is 0.626. The van der Waals surface area contributed by atoms with E-state index in [-0.39, 0.29) is 0 Å². The summed E-state index contributed by atoms with van der Waals surface area (Å²) in [7, 11) is 1.79. The van der Waals surface area contributed by atoms with E-state index in [4.69, 9.17) is 16.3 Å². The second-order valence-electron chi connectivity index (χ2n) is 4.85. The monoisotopic (exact) mass is 295 g/mol. The number of nitrogens with zero attached hydrogens (tertiary/aromatic N) is 1. The molecule has 2 N–H and O–H groups in total. The van der Waals surface area contributed by atoms with Gasteiger partial charge in [0.1, 0.15) is 5.75 Å². The number of benzene rings is 1. The Morgan fingerprint density at radius 1 is 1.45 bits per heavy atom. The van der Waals surface area contributed by atoms with E-state index in [1.165, 1.54) is 12.8 Å². The maximum atomic E-state index is 6.05. The van der Waals surface area contributed by atoms with Gasteiger partial charge in [-0.2, -0.15) is 0 Å². The van der Waals surface area contributed by atoms with Gasteiger partial charge in [0, 0.05) is 24.7 Å². The van der Waals surface area contributed by atoms with Gasteiger partial charge in [0.2, 0.25) is 0 Å². The predicted octanol–water partition coefficient (Wildman–Crippen LogP) is 2.61. The summed E-state index contributed by atoms with van der Waals surface area (Å²) in [5.41, 5.74) is 1.12. The minimum Gasteiger partial charge on any atom is -0.494 e. The lowest BCUT2D eigenvalue weighted by molar-refractivity contribution is 0.336. The summed E-state index contributed by atoms with van der Waals surface area (Å²) in [6.45, 7) is 3.44. The van der Waals surface area contributed by atoms with Crippen molar-refractivity contribution in [3.8, 4) is 5.75 Å².